The van der Waals surface area contributed by atoms with Gasteiger partial charge in [0.2, 0.25) is 0 Å². The quantitative estimate of drug-likeness (QED) is 0.690. The molecule has 0 amide bonds. The van der Waals surface area contributed by atoms with Gasteiger partial charge in [-0.1, -0.05) is 0 Å². The average molecular weight is 240 g/mol. The zero-order valence-electron chi connectivity index (χ0n) is 9.10. The van der Waals surface area contributed by atoms with E-state index in [1.165, 1.54) is 6.42 Å². The summed E-state index contributed by atoms with van der Waals surface area (Å²) in [6.45, 7) is 0. The van der Waals surface area contributed by atoms with Crippen LogP contribution in [0.1, 0.15) is 12.8 Å². The lowest BCUT2D eigenvalue weighted by Crippen LogP contribution is -2.46. The van der Waals surface area contributed by atoms with Gasteiger partial charge in [-0.15, -0.1) is 23.5 Å². The molecule has 0 saturated heterocycles. The Kier molecular flexibility index (Phi) is 1.64. The number of hydrogen-bond acceptors (Lipinski definition) is 3. The zero-order valence-corrected chi connectivity index (χ0v) is 10.7. The van der Waals surface area contributed by atoms with Crippen LogP contribution in [0.25, 0.3) is 0 Å². The van der Waals surface area contributed by atoms with Crippen LogP contribution in [0.15, 0.2) is 0 Å². The molecule has 5 aliphatic carbocycles. The first-order valence-corrected chi connectivity index (χ1v) is 8.33. The number of thioether (sulfide) groups is 2. The van der Waals surface area contributed by atoms with Gasteiger partial charge >= 0.3 is 0 Å². The second kappa shape index (κ2) is 2.61. The molecule has 0 aromatic heterocycles. The summed E-state index contributed by atoms with van der Waals surface area (Å²) in [6, 6.07) is 0. The first kappa shape index (κ1) is 9.41. The molecule has 0 spiro atoms. The molecule has 1 nitrogen and oxygen atoms in total. The van der Waals surface area contributed by atoms with Gasteiger partial charge in [0.15, 0.2) is 5.78 Å². The van der Waals surface area contributed by atoms with Crippen molar-refractivity contribution in [3.63, 3.8) is 0 Å². The van der Waals surface area contributed by atoms with Gasteiger partial charge in [-0.3, -0.25) is 4.79 Å². The molecule has 5 aliphatic rings. The van der Waals surface area contributed by atoms with E-state index in [4.69, 9.17) is 0 Å². The standard InChI is InChI=1S/C12H16OS2/c1-14-12(15-2)8(13)4-5-6-3-7-9(5)10(7)11(6)12/h5-7,9-11H,3-4H2,1-2H3/t5-,6-,7+,9?,10?,11+/m0/s1. The molecule has 0 heterocycles. The second-order valence-electron chi connectivity index (χ2n) is 5.61. The zero-order chi connectivity index (χ0) is 10.4. The normalized spacial score (nSPS) is 57.3. The third-order valence-electron chi connectivity index (χ3n) is 5.61. The molecular weight excluding hydrogens is 224 g/mol. The molecule has 0 radical (unpaired) electrons. The van der Waals surface area contributed by atoms with Crippen molar-refractivity contribution in [2.45, 2.75) is 16.9 Å². The van der Waals surface area contributed by atoms with Crippen molar-refractivity contribution in [2.75, 3.05) is 12.5 Å². The molecule has 15 heavy (non-hydrogen) atoms. The molecule has 2 unspecified atom stereocenters. The monoisotopic (exact) mass is 240 g/mol. The summed E-state index contributed by atoms with van der Waals surface area (Å²) in [4.78, 5) is 12.3. The summed E-state index contributed by atoms with van der Waals surface area (Å²) in [6.07, 6.45) is 6.64. The highest BCUT2D eigenvalue weighted by Crippen LogP contribution is 2.82. The highest BCUT2D eigenvalue weighted by atomic mass is 32.2. The third-order valence-corrected chi connectivity index (χ3v) is 8.82. The fourth-order valence-electron chi connectivity index (χ4n) is 5.27. The molecule has 5 rings (SSSR count). The van der Waals surface area contributed by atoms with Gasteiger partial charge in [-0.25, -0.2) is 0 Å². The van der Waals surface area contributed by atoms with E-state index in [-0.39, 0.29) is 4.08 Å². The molecule has 0 aromatic rings. The lowest BCUT2D eigenvalue weighted by molar-refractivity contribution is -0.123. The van der Waals surface area contributed by atoms with Crippen LogP contribution in [0.5, 0.6) is 0 Å². The van der Waals surface area contributed by atoms with E-state index in [0.717, 1.165) is 41.9 Å². The maximum absolute atomic E-state index is 12.3. The Morgan fingerprint density at radius 1 is 1.13 bits per heavy atom. The van der Waals surface area contributed by atoms with Crippen LogP contribution >= 0.6 is 23.5 Å². The summed E-state index contributed by atoms with van der Waals surface area (Å²) in [5.74, 6) is 5.99. The Morgan fingerprint density at radius 3 is 2.47 bits per heavy atom. The van der Waals surface area contributed by atoms with E-state index in [0.29, 0.717) is 5.78 Å². The van der Waals surface area contributed by atoms with E-state index < -0.39 is 0 Å². The summed E-state index contributed by atoms with van der Waals surface area (Å²) in [7, 11) is 0. The molecule has 5 fully saturated rings. The largest absolute Gasteiger partial charge is 0.297 e. The van der Waals surface area contributed by atoms with Gasteiger partial charge in [-0.2, -0.15) is 0 Å². The number of ketones is 1. The second-order valence-corrected chi connectivity index (χ2v) is 7.97. The SMILES string of the molecule is CSC1(SC)C(=O)C[C@@H]2C3C4[C@@H]3C[C@@H]2[C@H]41. The van der Waals surface area contributed by atoms with Crippen LogP contribution < -0.4 is 0 Å². The Bertz CT molecular complexity index is 350. The summed E-state index contributed by atoms with van der Waals surface area (Å²) < 4.78 is -0.0498. The van der Waals surface area contributed by atoms with E-state index >= 15 is 0 Å². The molecule has 82 valence electrons. The highest BCUT2D eigenvalue weighted by molar-refractivity contribution is 8.18. The maximum atomic E-state index is 12.3. The van der Waals surface area contributed by atoms with Gasteiger partial charge in [0.05, 0.1) is 0 Å². The van der Waals surface area contributed by atoms with Crippen LogP contribution in [-0.4, -0.2) is 22.4 Å². The molecule has 0 aliphatic heterocycles. The molecular formula is C12H16OS2. The van der Waals surface area contributed by atoms with Crippen molar-refractivity contribution in [1.29, 1.82) is 0 Å². The van der Waals surface area contributed by atoms with Gasteiger partial charge in [0.1, 0.15) is 4.08 Å². The van der Waals surface area contributed by atoms with Gasteiger partial charge < -0.3 is 0 Å². The highest BCUT2D eigenvalue weighted by Gasteiger charge is 2.79. The Labute approximate surface area is 99.1 Å². The van der Waals surface area contributed by atoms with Crippen molar-refractivity contribution >= 4 is 29.3 Å². The molecule has 6 atom stereocenters. The fraction of sp³-hybridized carbons (Fsp3) is 0.917. The molecule has 0 aromatic carbocycles. The first-order valence-electron chi connectivity index (χ1n) is 5.88. The predicted molar refractivity (Wildman–Crippen MR) is 64.9 cm³/mol. The number of Topliss-reactive ketones (excluding diaryl/α,β-unsaturated/α-hetero) is 1. The van der Waals surface area contributed by atoms with Gasteiger partial charge in [-0.05, 0) is 54.4 Å². The average Bonchev–Trinajstić information content (AvgIpc) is 2.58. The summed E-state index contributed by atoms with van der Waals surface area (Å²) in [5, 5.41) is 0. The third kappa shape index (κ3) is 0.802. The summed E-state index contributed by atoms with van der Waals surface area (Å²) in [5.41, 5.74) is 0. The number of carbonyl (C=O) groups is 1. The van der Waals surface area contributed by atoms with Crippen LogP contribution in [0.4, 0.5) is 0 Å². The van der Waals surface area contributed by atoms with E-state index in [1.54, 1.807) is 0 Å². The Hall–Kier alpha value is 0.370. The van der Waals surface area contributed by atoms with Crippen molar-refractivity contribution in [3.8, 4) is 0 Å². The lowest BCUT2D eigenvalue weighted by atomic mass is 9.78. The Balaban J connectivity index is 1.83. The van der Waals surface area contributed by atoms with Crippen LogP contribution in [0.3, 0.4) is 0 Å². The number of hydrogen-bond donors (Lipinski definition) is 0. The smallest absolute Gasteiger partial charge is 0.159 e. The maximum Gasteiger partial charge on any atom is 0.159 e. The van der Waals surface area contributed by atoms with Crippen LogP contribution in [0.2, 0.25) is 0 Å². The lowest BCUT2D eigenvalue weighted by Gasteiger charge is -2.42. The van der Waals surface area contributed by atoms with Crippen LogP contribution in [0, 0.1) is 35.5 Å². The minimum atomic E-state index is -0.0498. The minimum absolute atomic E-state index is 0.0498. The first-order chi connectivity index (χ1) is 7.24. The molecule has 3 heteroatoms. The van der Waals surface area contributed by atoms with Crippen molar-refractivity contribution < 1.29 is 4.79 Å². The van der Waals surface area contributed by atoms with Crippen LogP contribution in [-0.2, 0) is 4.79 Å². The van der Waals surface area contributed by atoms with E-state index in [2.05, 4.69) is 12.5 Å². The van der Waals surface area contributed by atoms with Crippen molar-refractivity contribution in [2.24, 2.45) is 35.5 Å². The molecule has 6 bridgehead atoms. The topological polar surface area (TPSA) is 17.1 Å². The minimum Gasteiger partial charge on any atom is -0.297 e. The number of carbonyl (C=O) groups excluding carboxylic acids is 1. The molecule has 0 N–H and O–H groups in total. The van der Waals surface area contributed by atoms with Gasteiger partial charge in [0.25, 0.3) is 0 Å². The van der Waals surface area contributed by atoms with Crippen molar-refractivity contribution in [3.05, 3.63) is 0 Å². The predicted octanol–water partition coefficient (Wildman–Crippen LogP) is 2.51. The van der Waals surface area contributed by atoms with E-state index in [1.807, 2.05) is 23.5 Å². The van der Waals surface area contributed by atoms with Gasteiger partial charge in [0, 0.05) is 6.42 Å². The fourth-order valence-corrected chi connectivity index (χ4v) is 7.77. The molecule has 5 saturated carbocycles. The van der Waals surface area contributed by atoms with E-state index in [9.17, 15) is 4.79 Å². The van der Waals surface area contributed by atoms with Crippen molar-refractivity contribution in [1.82, 2.24) is 0 Å². The Morgan fingerprint density at radius 2 is 1.87 bits per heavy atom. The summed E-state index contributed by atoms with van der Waals surface area (Å²) >= 11 is 3.67. The number of rotatable bonds is 2.